The van der Waals surface area contributed by atoms with Crippen LogP contribution in [0.5, 0.6) is 0 Å². The lowest BCUT2D eigenvalue weighted by molar-refractivity contribution is 0.225. The number of hydrogen-bond donors (Lipinski definition) is 0. The summed E-state index contributed by atoms with van der Waals surface area (Å²) in [5, 5.41) is 0. The van der Waals surface area contributed by atoms with Crippen LogP contribution in [0.25, 0.3) is 0 Å². The molecule has 0 heterocycles. The summed E-state index contributed by atoms with van der Waals surface area (Å²) in [5.41, 5.74) is 0. The number of halogens is 1. The van der Waals surface area contributed by atoms with E-state index in [-0.39, 0.29) is 0 Å². The van der Waals surface area contributed by atoms with Crippen molar-refractivity contribution >= 4 is 22.6 Å². The zero-order chi connectivity index (χ0) is 7.56. The van der Waals surface area contributed by atoms with Gasteiger partial charge in [0, 0.05) is 4.43 Å². The van der Waals surface area contributed by atoms with Gasteiger partial charge in [0.05, 0.1) is 0 Å². The van der Waals surface area contributed by atoms with Gasteiger partial charge in [0.15, 0.2) is 0 Å². The van der Waals surface area contributed by atoms with Crippen molar-refractivity contribution in [1.29, 1.82) is 0 Å². The lowest BCUT2D eigenvalue weighted by Crippen LogP contribution is -2.21. The lowest BCUT2D eigenvalue weighted by Gasteiger charge is -2.30. The number of alkyl halides is 1. The van der Waals surface area contributed by atoms with Gasteiger partial charge in [-0.3, -0.25) is 0 Å². The van der Waals surface area contributed by atoms with E-state index in [9.17, 15) is 0 Å². The van der Waals surface area contributed by atoms with Crippen molar-refractivity contribution in [3.05, 3.63) is 0 Å². The molecule has 3 atom stereocenters. The van der Waals surface area contributed by atoms with E-state index in [0.29, 0.717) is 0 Å². The van der Waals surface area contributed by atoms with E-state index in [2.05, 4.69) is 36.4 Å². The summed E-state index contributed by atoms with van der Waals surface area (Å²) in [5.74, 6) is 3.00. The Morgan fingerprint density at radius 3 is 2.40 bits per heavy atom. The van der Waals surface area contributed by atoms with Crippen molar-refractivity contribution in [3.63, 3.8) is 0 Å². The van der Waals surface area contributed by atoms with E-state index >= 15 is 0 Å². The van der Waals surface area contributed by atoms with Crippen LogP contribution in [0.1, 0.15) is 33.1 Å². The molecule has 0 saturated heterocycles. The van der Waals surface area contributed by atoms with E-state index in [0.717, 1.165) is 17.8 Å². The molecule has 0 aromatic rings. The van der Waals surface area contributed by atoms with Crippen LogP contribution in [0.2, 0.25) is 0 Å². The summed E-state index contributed by atoms with van der Waals surface area (Å²) in [7, 11) is 0. The molecule has 0 aliphatic heterocycles. The van der Waals surface area contributed by atoms with Crippen LogP contribution in [0, 0.1) is 17.8 Å². The third-order valence-electron chi connectivity index (χ3n) is 2.92. The van der Waals surface area contributed by atoms with Crippen LogP contribution in [0.4, 0.5) is 0 Å². The maximum atomic E-state index is 2.52. The summed E-state index contributed by atoms with van der Waals surface area (Å²) >= 11 is 2.52. The first-order valence-corrected chi connectivity index (χ1v) is 5.82. The van der Waals surface area contributed by atoms with Gasteiger partial charge in [0.2, 0.25) is 0 Å². The van der Waals surface area contributed by atoms with Gasteiger partial charge in [-0.05, 0) is 30.6 Å². The van der Waals surface area contributed by atoms with Gasteiger partial charge in [-0.1, -0.05) is 42.9 Å². The summed E-state index contributed by atoms with van der Waals surface area (Å²) < 4.78 is 1.37. The first-order valence-electron chi connectivity index (χ1n) is 4.30. The second kappa shape index (κ2) is 3.93. The maximum Gasteiger partial charge on any atom is 0.00238 e. The van der Waals surface area contributed by atoms with Crippen molar-refractivity contribution < 1.29 is 0 Å². The smallest absolute Gasteiger partial charge is 0.00238 e. The summed E-state index contributed by atoms with van der Waals surface area (Å²) in [6.07, 6.45) is 4.42. The van der Waals surface area contributed by atoms with Gasteiger partial charge in [0.1, 0.15) is 0 Å². The molecule has 0 radical (unpaired) electrons. The molecule has 1 saturated carbocycles. The van der Waals surface area contributed by atoms with E-state index in [1.807, 2.05) is 0 Å². The van der Waals surface area contributed by atoms with Gasteiger partial charge in [-0.25, -0.2) is 0 Å². The quantitative estimate of drug-likeness (QED) is 0.495. The molecule has 1 fully saturated rings. The minimum Gasteiger partial charge on any atom is -0.0861 e. The molecule has 0 bridgehead atoms. The largest absolute Gasteiger partial charge is 0.0861 e. The van der Waals surface area contributed by atoms with Crippen LogP contribution < -0.4 is 0 Å². The predicted molar refractivity (Wildman–Crippen MR) is 54.6 cm³/mol. The Hall–Kier alpha value is 0.730. The van der Waals surface area contributed by atoms with Crippen LogP contribution in [-0.2, 0) is 0 Å². The molecule has 0 aromatic heterocycles. The molecule has 1 aliphatic carbocycles. The van der Waals surface area contributed by atoms with Crippen molar-refractivity contribution in [1.82, 2.24) is 0 Å². The Kier molecular flexibility index (Phi) is 3.47. The zero-order valence-corrected chi connectivity index (χ0v) is 9.10. The van der Waals surface area contributed by atoms with Gasteiger partial charge in [-0.2, -0.15) is 0 Å². The third kappa shape index (κ3) is 2.11. The number of rotatable bonds is 1. The van der Waals surface area contributed by atoms with E-state index < -0.39 is 0 Å². The Bertz CT molecular complexity index is 101. The highest BCUT2D eigenvalue weighted by molar-refractivity contribution is 14.1. The predicted octanol–water partition coefficient (Wildman–Crippen LogP) is 3.49. The highest BCUT2D eigenvalue weighted by Gasteiger charge is 2.23. The standard InChI is InChI=1S/C9H17I/c1-7-3-4-9(6-10)5-8(7)2/h7-9H,3-6H2,1-2H3. The Morgan fingerprint density at radius 1 is 1.20 bits per heavy atom. The molecule has 1 aliphatic rings. The highest BCUT2D eigenvalue weighted by Crippen LogP contribution is 2.33. The monoisotopic (exact) mass is 252 g/mol. The minimum absolute atomic E-state index is 0.980. The number of hydrogen-bond acceptors (Lipinski definition) is 0. The fraction of sp³-hybridized carbons (Fsp3) is 1.00. The SMILES string of the molecule is CC1CCC(CI)CC1C. The van der Waals surface area contributed by atoms with Crippen LogP contribution in [0.3, 0.4) is 0 Å². The molecule has 0 N–H and O–H groups in total. The topological polar surface area (TPSA) is 0 Å². The minimum atomic E-state index is 0.980. The summed E-state index contributed by atoms with van der Waals surface area (Å²) in [6.45, 7) is 4.80. The normalized spacial score (nSPS) is 41.7. The van der Waals surface area contributed by atoms with E-state index in [1.165, 1.54) is 23.7 Å². The van der Waals surface area contributed by atoms with E-state index in [4.69, 9.17) is 0 Å². The molecule has 0 amide bonds. The molecule has 1 rings (SSSR count). The van der Waals surface area contributed by atoms with Crippen LogP contribution >= 0.6 is 22.6 Å². The molecule has 0 nitrogen and oxygen atoms in total. The maximum absolute atomic E-state index is 2.52. The second-order valence-corrected chi connectivity index (χ2v) is 4.67. The first kappa shape index (κ1) is 8.82. The van der Waals surface area contributed by atoms with Crippen molar-refractivity contribution in [3.8, 4) is 0 Å². The lowest BCUT2D eigenvalue weighted by atomic mass is 9.77. The molecular formula is C9H17I. The highest BCUT2D eigenvalue weighted by atomic mass is 127. The van der Waals surface area contributed by atoms with Gasteiger partial charge in [0.25, 0.3) is 0 Å². The second-order valence-electron chi connectivity index (χ2n) is 3.79. The Morgan fingerprint density at radius 2 is 1.90 bits per heavy atom. The van der Waals surface area contributed by atoms with E-state index in [1.54, 1.807) is 0 Å². The Balaban J connectivity index is 2.33. The van der Waals surface area contributed by atoms with Gasteiger partial charge < -0.3 is 0 Å². The van der Waals surface area contributed by atoms with Crippen molar-refractivity contribution in [2.24, 2.45) is 17.8 Å². The zero-order valence-electron chi connectivity index (χ0n) is 6.94. The van der Waals surface area contributed by atoms with Crippen LogP contribution in [0.15, 0.2) is 0 Å². The average molecular weight is 252 g/mol. The van der Waals surface area contributed by atoms with Gasteiger partial charge in [-0.15, -0.1) is 0 Å². The Labute approximate surface area is 77.9 Å². The summed E-state index contributed by atoms with van der Waals surface area (Å²) in [4.78, 5) is 0. The van der Waals surface area contributed by atoms with Crippen molar-refractivity contribution in [2.45, 2.75) is 33.1 Å². The average Bonchev–Trinajstić information content (AvgIpc) is 1.95. The fourth-order valence-electron chi connectivity index (χ4n) is 1.80. The third-order valence-corrected chi connectivity index (χ3v) is 4.17. The first-order chi connectivity index (χ1) is 4.74. The van der Waals surface area contributed by atoms with Crippen LogP contribution in [-0.4, -0.2) is 4.43 Å². The molecule has 0 aromatic carbocycles. The molecular weight excluding hydrogens is 235 g/mol. The fourth-order valence-corrected chi connectivity index (χ4v) is 2.60. The molecule has 0 spiro atoms. The molecule has 3 unspecified atom stereocenters. The molecule has 60 valence electrons. The van der Waals surface area contributed by atoms with Crippen molar-refractivity contribution in [2.75, 3.05) is 4.43 Å². The van der Waals surface area contributed by atoms with Gasteiger partial charge >= 0.3 is 0 Å². The molecule has 10 heavy (non-hydrogen) atoms. The molecule has 1 heteroatoms. The summed E-state index contributed by atoms with van der Waals surface area (Å²) in [6, 6.07) is 0.